The largest absolute Gasteiger partial charge is 0.334 e. The normalized spacial score (nSPS) is 12.8. The zero-order valence-electron chi connectivity index (χ0n) is 15.7. The molecule has 1 aromatic carbocycles. The van der Waals surface area contributed by atoms with Gasteiger partial charge in [-0.15, -0.1) is 11.3 Å². The van der Waals surface area contributed by atoms with Gasteiger partial charge in [0.2, 0.25) is 10.0 Å². The van der Waals surface area contributed by atoms with E-state index >= 15 is 0 Å². The molecule has 1 amide bonds. The SMILES string of the molecule is CCCc1sc(C(=O)N(C)C(C)c2ccc(S(N)(=O)=O)cc2)cc1CC. The van der Waals surface area contributed by atoms with Crippen LogP contribution in [-0.2, 0) is 22.9 Å². The van der Waals surface area contributed by atoms with Crippen LogP contribution < -0.4 is 5.14 Å². The van der Waals surface area contributed by atoms with Crippen LogP contribution in [0, 0.1) is 0 Å². The van der Waals surface area contributed by atoms with E-state index < -0.39 is 10.0 Å². The molecular formula is C19H26N2O3S2. The van der Waals surface area contributed by atoms with Gasteiger partial charge in [0, 0.05) is 11.9 Å². The Morgan fingerprint density at radius 2 is 1.85 bits per heavy atom. The summed E-state index contributed by atoms with van der Waals surface area (Å²) in [6.07, 6.45) is 2.98. The number of carbonyl (C=O) groups is 1. The van der Waals surface area contributed by atoms with Crippen molar-refractivity contribution in [2.75, 3.05) is 7.05 Å². The number of primary sulfonamides is 1. The first-order valence-electron chi connectivity index (χ1n) is 8.70. The number of sulfonamides is 1. The molecule has 1 unspecified atom stereocenters. The number of thiophene rings is 1. The summed E-state index contributed by atoms with van der Waals surface area (Å²) >= 11 is 1.58. The number of benzene rings is 1. The van der Waals surface area contributed by atoms with E-state index in [1.807, 2.05) is 13.0 Å². The Morgan fingerprint density at radius 3 is 2.35 bits per heavy atom. The number of nitrogens with zero attached hydrogens (tertiary/aromatic N) is 1. The Morgan fingerprint density at radius 1 is 1.23 bits per heavy atom. The Bertz CT molecular complexity index is 871. The minimum atomic E-state index is -3.71. The third-order valence-corrected chi connectivity index (χ3v) is 6.71. The van der Waals surface area contributed by atoms with Crippen molar-refractivity contribution in [3.63, 3.8) is 0 Å². The molecule has 2 aromatic rings. The second-order valence-electron chi connectivity index (χ2n) is 6.37. The highest BCUT2D eigenvalue weighted by Gasteiger charge is 2.22. The highest BCUT2D eigenvalue weighted by molar-refractivity contribution is 7.89. The first-order valence-corrected chi connectivity index (χ1v) is 11.1. The number of hydrogen-bond acceptors (Lipinski definition) is 4. The first kappa shape index (κ1) is 20.6. The lowest BCUT2D eigenvalue weighted by Gasteiger charge is -2.25. The lowest BCUT2D eigenvalue weighted by molar-refractivity contribution is 0.0747. The molecule has 2 rings (SSSR count). The number of aryl methyl sites for hydroxylation is 2. The molecule has 0 fully saturated rings. The van der Waals surface area contributed by atoms with Gasteiger partial charge in [0.25, 0.3) is 5.91 Å². The molecule has 0 spiro atoms. The van der Waals surface area contributed by atoms with E-state index in [9.17, 15) is 13.2 Å². The van der Waals surface area contributed by atoms with E-state index in [0.717, 1.165) is 29.7 Å². The standard InChI is InChI=1S/C19H26N2O3S2/c1-5-7-17-14(6-2)12-18(25-17)19(22)21(4)13(3)15-8-10-16(11-9-15)26(20,23)24/h8-13H,5-7H2,1-4H3,(H2,20,23,24). The van der Waals surface area contributed by atoms with Crippen molar-refractivity contribution >= 4 is 27.3 Å². The zero-order valence-corrected chi connectivity index (χ0v) is 17.3. The van der Waals surface area contributed by atoms with Crippen molar-refractivity contribution in [1.82, 2.24) is 4.90 Å². The minimum absolute atomic E-state index is 0.0184. The van der Waals surface area contributed by atoms with Crippen LogP contribution in [-0.4, -0.2) is 26.3 Å². The third kappa shape index (κ3) is 4.52. The molecular weight excluding hydrogens is 368 g/mol. The van der Waals surface area contributed by atoms with E-state index in [-0.39, 0.29) is 16.8 Å². The Labute approximate surface area is 159 Å². The first-order chi connectivity index (χ1) is 12.2. The van der Waals surface area contributed by atoms with Gasteiger partial charge in [-0.25, -0.2) is 13.6 Å². The van der Waals surface area contributed by atoms with Crippen LogP contribution in [0.15, 0.2) is 35.2 Å². The quantitative estimate of drug-likeness (QED) is 0.777. The molecule has 0 aliphatic carbocycles. The Kier molecular flexibility index (Phi) is 6.60. The predicted octanol–water partition coefficient (Wildman–Crippen LogP) is 3.74. The molecule has 0 bridgehead atoms. The van der Waals surface area contributed by atoms with Crippen LogP contribution in [0.5, 0.6) is 0 Å². The fourth-order valence-corrected chi connectivity index (χ4v) is 4.67. The molecule has 0 radical (unpaired) electrons. The second kappa shape index (κ2) is 8.33. The molecule has 1 heterocycles. The van der Waals surface area contributed by atoms with E-state index in [1.165, 1.54) is 22.6 Å². The predicted molar refractivity (Wildman–Crippen MR) is 106 cm³/mol. The molecule has 0 aliphatic heterocycles. The molecule has 0 aliphatic rings. The maximum Gasteiger partial charge on any atom is 0.264 e. The van der Waals surface area contributed by atoms with Crippen molar-refractivity contribution in [2.45, 2.75) is 51.0 Å². The molecule has 2 N–H and O–H groups in total. The van der Waals surface area contributed by atoms with Crippen LogP contribution in [0.3, 0.4) is 0 Å². The third-order valence-electron chi connectivity index (χ3n) is 4.56. The van der Waals surface area contributed by atoms with Gasteiger partial charge in [0.05, 0.1) is 15.8 Å². The van der Waals surface area contributed by atoms with Crippen molar-refractivity contribution in [3.8, 4) is 0 Å². The van der Waals surface area contributed by atoms with Gasteiger partial charge < -0.3 is 4.90 Å². The van der Waals surface area contributed by atoms with Crippen molar-refractivity contribution in [2.24, 2.45) is 5.14 Å². The lowest BCUT2D eigenvalue weighted by atomic mass is 10.1. The summed E-state index contributed by atoms with van der Waals surface area (Å²) in [5.74, 6) is -0.0184. The Balaban J connectivity index is 2.22. The van der Waals surface area contributed by atoms with Gasteiger partial charge in [-0.1, -0.05) is 32.4 Å². The van der Waals surface area contributed by atoms with Crippen LogP contribution in [0.1, 0.15) is 58.9 Å². The molecule has 7 heteroatoms. The van der Waals surface area contributed by atoms with E-state index in [0.29, 0.717) is 0 Å². The van der Waals surface area contributed by atoms with E-state index in [4.69, 9.17) is 5.14 Å². The summed E-state index contributed by atoms with van der Waals surface area (Å²) < 4.78 is 22.7. The molecule has 1 aromatic heterocycles. The van der Waals surface area contributed by atoms with Crippen LogP contribution in [0.2, 0.25) is 0 Å². The van der Waals surface area contributed by atoms with Crippen LogP contribution >= 0.6 is 11.3 Å². The number of rotatable bonds is 7. The molecule has 0 saturated carbocycles. The summed E-state index contributed by atoms with van der Waals surface area (Å²) in [6.45, 7) is 6.17. The summed E-state index contributed by atoms with van der Waals surface area (Å²) in [4.78, 5) is 16.7. The lowest BCUT2D eigenvalue weighted by Crippen LogP contribution is -2.29. The highest BCUT2D eigenvalue weighted by Crippen LogP contribution is 2.28. The fourth-order valence-electron chi connectivity index (χ4n) is 2.82. The number of hydrogen-bond donors (Lipinski definition) is 1. The van der Waals surface area contributed by atoms with Gasteiger partial charge >= 0.3 is 0 Å². The monoisotopic (exact) mass is 394 g/mol. The molecule has 26 heavy (non-hydrogen) atoms. The fraction of sp³-hybridized carbons (Fsp3) is 0.421. The topological polar surface area (TPSA) is 80.5 Å². The van der Waals surface area contributed by atoms with Gasteiger partial charge in [0.1, 0.15) is 0 Å². The highest BCUT2D eigenvalue weighted by atomic mass is 32.2. The Hall–Kier alpha value is -1.70. The number of amides is 1. The summed E-state index contributed by atoms with van der Waals surface area (Å²) in [6, 6.07) is 8.16. The molecule has 142 valence electrons. The van der Waals surface area contributed by atoms with Gasteiger partial charge in [-0.2, -0.15) is 0 Å². The molecule has 1 atom stereocenters. The van der Waals surface area contributed by atoms with Crippen LogP contribution in [0.25, 0.3) is 0 Å². The molecule has 0 saturated heterocycles. The van der Waals surface area contributed by atoms with Crippen molar-refractivity contribution < 1.29 is 13.2 Å². The van der Waals surface area contributed by atoms with Gasteiger partial charge in [-0.3, -0.25) is 4.79 Å². The van der Waals surface area contributed by atoms with E-state index in [1.54, 1.807) is 35.4 Å². The maximum absolute atomic E-state index is 12.9. The van der Waals surface area contributed by atoms with Crippen molar-refractivity contribution in [1.29, 1.82) is 0 Å². The summed E-state index contributed by atoms with van der Waals surface area (Å²) in [7, 11) is -1.94. The second-order valence-corrected chi connectivity index (χ2v) is 9.07. The molecule has 5 nitrogen and oxygen atoms in total. The van der Waals surface area contributed by atoms with Gasteiger partial charge in [0.15, 0.2) is 0 Å². The number of nitrogens with two attached hydrogens (primary N) is 1. The smallest absolute Gasteiger partial charge is 0.264 e. The summed E-state index contributed by atoms with van der Waals surface area (Å²) in [5, 5.41) is 5.13. The van der Waals surface area contributed by atoms with E-state index in [2.05, 4.69) is 13.8 Å². The maximum atomic E-state index is 12.9. The van der Waals surface area contributed by atoms with Gasteiger partial charge in [-0.05, 0) is 49.1 Å². The number of carbonyl (C=O) groups excluding carboxylic acids is 1. The summed E-state index contributed by atoms with van der Waals surface area (Å²) in [5.41, 5.74) is 2.10. The zero-order chi connectivity index (χ0) is 19.5. The van der Waals surface area contributed by atoms with Crippen LogP contribution in [0.4, 0.5) is 0 Å². The van der Waals surface area contributed by atoms with Crippen molar-refractivity contribution in [3.05, 3.63) is 51.2 Å². The average Bonchev–Trinajstić information content (AvgIpc) is 3.02. The minimum Gasteiger partial charge on any atom is -0.334 e. The average molecular weight is 395 g/mol.